The minimum atomic E-state index is -3.70. The Morgan fingerprint density at radius 2 is 1.85 bits per heavy atom. The van der Waals surface area contributed by atoms with Crippen molar-refractivity contribution in [2.45, 2.75) is 23.8 Å². The van der Waals surface area contributed by atoms with E-state index in [1.54, 1.807) is 7.11 Å². The zero-order valence-electron chi connectivity index (χ0n) is 14.7. The van der Waals surface area contributed by atoms with Crippen LogP contribution in [0.15, 0.2) is 53.4 Å². The van der Waals surface area contributed by atoms with E-state index < -0.39 is 15.8 Å². The lowest BCUT2D eigenvalue weighted by atomic mass is 10.1. The number of nitrogens with zero attached hydrogens (tertiary/aromatic N) is 1. The van der Waals surface area contributed by atoms with Gasteiger partial charge in [-0.05, 0) is 67.9 Å². The third-order valence-electron chi connectivity index (χ3n) is 4.65. The Hall–Kier alpha value is -1.96. The van der Waals surface area contributed by atoms with E-state index in [0.717, 1.165) is 49.4 Å². The van der Waals surface area contributed by atoms with Crippen molar-refractivity contribution in [1.82, 2.24) is 9.62 Å². The van der Waals surface area contributed by atoms with E-state index in [4.69, 9.17) is 4.74 Å². The fourth-order valence-electron chi connectivity index (χ4n) is 3.25. The monoisotopic (exact) mass is 378 g/mol. The van der Waals surface area contributed by atoms with Crippen molar-refractivity contribution < 1.29 is 17.5 Å². The van der Waals surface area contributed by atoms with Crippen LogP contribution in [0.1, 0.15) is 24.4 Å². The van der Waals surface area contributed by atoms with Gasteiger partial charge in [0.1, 0.15) is 11.6 Å². The van der Waals surface area contributed by atoms with Crippen LogP contribution in [0.3, 0.4) is 0 Å². The predicted molar refractivity (Wildman–Crippen MR) is 98.1 cm³/mol. The molecule has 0 bridgehead atoms. The number of likely N-dealkylation sites (tertiary alicyclic amines) is 1. The zero-order chi connectivity index (χ0) is 18.6. The predicted octanol–water partition coefficient (Wildman–Crippen LogP) is 2.95. The van der Waals surface area contributed by atoms with Crippen molar-refractivity contribution in [1.29, 1.82) is 0 Å². The second kappa shape index (κ2) is 8.16. The molecule has 1 unspecified atom stereocenters. The van der Waals surface area contributed by atoms with Crippen molar-refractivity contribution in [2.75, 3.05) is 26.7 Å². The van der Waals surface area contributed by atoms with Gasteiger partial charge in [-0.15, -0.1) is 0 Å². The Morgan fingerprint density at radius 1 is 1.15 bits per heavy atom. The van der Waals surface area contributed by atoms with E-state index in [-0.39, 0.29) is 17.5 Å². The molecule has 0 saturated carbocycles. The lowest BCUT2D eigenvalue weighted by molar-refractivity contribution is 0.246. The molecule has 1 heterocycles. The molecule has 2 aromatic carbocycles. The van der Waals surface area contributed by atoms with E-state index in [0.29, 0.717) is 0 Å². The summed E-state index contributed by atoms with van der Waals surface area (Å²) in [6.07, 6.45) is 2.20. The standard InChI is InChI=1S/C19H23FN2O3S/c1-25-17-6-4-5-15(13-17)19(22-11-2-3-12-22)14-21-26(23,24)18-9-7-16(20)8-10-18/h4-10,13,19,21H,2-3,11-12,14H2,1H3. The van der Waals surface area contributed by atoms with Crippen LogP contribution in [0.25, 0.3) is 0 Å². The van der Waals surface area contributed by atoms with Crippen LogP contribution in [0.2, 0.25) is 0 Å². The number of hydrogen-bond donors (Lipinski definition) is 1. The van der Waals surface area contributed by atoms with Gasteiger partial charge in [0, 0.05) is 12.6 Å². The van der Waals surface area contributed by atoms with E-state index in [1.807, 2.05) is 24.3 Å². The number of halogens is 1. The van der Waals surface area contributed by atoms with Crippen LogP contribution in [0.4, 0.5) is 4.39 Å². The van der Waals surface area contributed by atoms with Crippen molar-refractivity contribution in [3.8, 4) is 5.75 Å². The topological polar surface area (TPSA) is 58.6 Å². The molecule has 7 heteroatoms. The average Bonchev–Trinajstić information content (AvgIpc) is 3.17. The fraction of sp³-hybridized carbons (Fsp3) is 0.368. The minimum Gasteiger partial charge on any atom is -0.497 e. The fourth-order valence-corrected chi connectivity index (χ4v) is 4.28. The Balaban J connectivity index is 1.80. The summed E-state index contributed by atoms with van der Waals surface area (Å²) < 4.78 is 46.1. The average molecular weight is 378 g/mol. The second-order valence-corrected chi connectivity index (χ2v) is 8.11. The molecule has 2 aromatic rings. The molecule has 0 spiro atoms. The molecule has 1 atom stereocenters. The largest absolute Gasteiger partial charge is 0.497 e. The molecular weight excluding hydrogens is 355 g/mol. The van der Waals surface area contributed by atoms with Gasteiger partial charge in [-0.25, -0.2) is 17.5 Å². The number of nitrogens with one attached hydrogen (secondary N) is 1. The van der Waals surface area contributed by atoms with Gasteiger partial charge in [-0.3, -0.25) is 4.90 Å². The zero-order valence-corrected chi connectivity index (χ0v) is 15.5. The van der Waals surface area contributed by atoms with Gasteiger partial charge in [0.2, 0.25) is 10.0 Å². The van der Waals surface area contributed by atoms with Crippen LogP contribution >= 0.6 is 0 Å². The Bertz CT molecular complexity index is 834. The summed E-state index contributed by atoms with van der Waals surface area (Å²) in [6, 6.07) is 12.5. The van der Waals surface area contributed by atoms with Crippen LogP contribution in [-0.4, -0.2) is 40.1 Å². The Morgan fingerprint density at radius 3 is 2.50 bits per heavy atom. The molecule has 140 valence electrons. The normalized spacial score (nSPS) is 16.5. The maximum absolute atomic E-state index is 13.1. The Labute approximate surface area is 153 Å². The van der Waals surface area contributed by atoms with E-state index in [2.05, 4.69) is 9.62 Å². The number of benzene rings is 2. The lowest BCUT2D eigenvalue weighted by Crippen LogP contribution is -2.36. The van der Waals surface area contributed by atoms with Gasteiger partial charge in [0.15, 0.2) is 0 Å². The summed E-state index contributed by atoms with van der Waals surface area (Å²) in [5, 5.41) is 0. The number of methoxy groups -OCH3 is 1. The first-order valence-electron chi connectivity index (χ1n) is 8.63. The number of rotatable bonds is 7. The summed E-state index contributed by atoms with van der Waals surface area (Å²) >= 11 is 0. The van der Waals surface area contributed by atoms with Crippen LogP contribution in [-0.2, 0) is 10.0 Å². The van der Waals surface area contributed by atoms with Crippen molar-refractivity contribution in [3.05, 3.63) is 59.9 Å². The third kappa shape index (κ3) is 4.41. The molecule has 0 amide bonds. The maximum Gasteiger partial charge on any atom is 0.240 e. The molecule has 26 heavy (non-hydrogen) atoms. The summed E-state index contributed by atoms with van der Waals surface area (Å²) in [7, 11) is -2.09. The molecule has 1 fully saturated rings. The third-order valence-corrected chi connectivity index (χ3v) is 6.09. The van der Waals surface area contributed by atoms with Gasteiger partial charge in [0.05, 0.1) is 12.0 Å². The quantitative estimate of drug-likeness (QED) is 0.805. The van der Waals surface area contributed by atoms with Crippen molar-refractivity contribution >= 4 is 10.0 Å². The number of ether oxygens (including phenoxy) is 1. The number of hydrogen-bond acceptors (Lipinski definition) is 4. The molecular formula is C19H23FN2O3S. The Kier molecular flexibility index (Phi) is 5.90. The SMILES string of the molecule is COc1cccc(C(CNS(=O)(=O)c2ccc(F)cc2)N2CCCC2)c1. The highest BCUT2D eigenvalue weighted by atomic mass is 32.2. The summed E-state index contributed by atoms with van der Waals surface area (Å²) in [6.45, 7) is 2.10. The van der Waals surface area contributed by atoms with E-state index in [1.165, 1.54) is 12.1 Å². The summed E-state index contributed by atoms with van der Waals surface area (Å²) in [5.41, 5.74) is 1.01. The maximum atomic E-state index is 13.1. The minimum absolute atomic E-state index is 0.0599. The van der Waals surface area contributed by atoms with Gasteiger partial charge in [-0.2, -0.15) is 0 Å². The first-order chi connectivity index (χ1) is 12.5. The van der Waals surface area contributed by atoms with Gasteiger partial charge in [-0.1, -0.05) is 12.1 Å². The molecule has 0 aromatic heterocycles. The van der Waals surface area contributed by atoms with Crippen LogP contribution in [0.5, 0.6) is 5.75 Å². The molecule has 3 rings (SSSR count). The molecule has 0 radical (unpaired) electrons. The first-order valence-corrected chi connectivity index (χ1v) is 10.1. The van der Waals surface area contributed by atoms with Crippen molar-refractivity contribution in [3.63, 3.8) is 0 Å². The second-order valence-electron chi connectivity index (χ2n) is 6.34. The van der Waals surface area contributed by atoms with E-state index in [9.17, 15) is 12.8 Å². The highest BCUT2D eigenvalue weighted by molar-refractivity contribution is 7.89. The summed E-state index contributed by atoms with van der Waals surface area (Å²) in [5.74, 6) is 0.281. The van der Waals surface area contributed by atoms with Crippen LogP contribution in [0, 0.1) is 5.82 Å². The molecule has 1 N–H and O–H groups in total. The molecule has 1 saturated heterocycles. The molecule has 0 aliphatic carbocycles. The smallest absolute Gasteiger partial charge is 0.240 e. The molecule has 1 aliphatic heterocycles. The molecule has 1 aliphatic rings. The van der Waals surface area contributed by atoms with Gasteiger partial charge >= 0.3 is 0 Å². The van der Waals surface area contributed by atoms with Gasteiger partial charge < -0.3 is 4.74 Å². The highest BCUT2D eigenvalue weighted by Gasteiger charge is 2.26. The lowest BCUT2D eigenvalue weighted by Gasteiger charge is -2.28. The van der Waals surface area contributed by atoms with Crippen molar-refractivity contribution in [2.24, 2.45) is 0 Å². The van der Waals surface area contributed by atoms with Crippen LogP contribution < -0.4 is 9.46 Å². The molecule has 5 nitrogen and oxygen atoms in total. The van der Waals surface area contributed by atoms with Gasteiger partial charge in [0.25, 0.3) is 0 Å². The number of sulfonamides is 1. The summed E-state index contributed by atoms with van der Waals surface area (Å²) in [4.78, 5) is 2.34. The first kappa shape index (κ1) is 18.8. The van der Waals surface area contributed by atoms with E-state index >= 15 is 0 Å². The highest BCUT2D eigenvalue weighted by Crippen LogP contribution is 2.27.